The summed E-state index contributed by atoms with van der Waals surface area (Å²) in [6.45, 7) is 4.72. The Labute approximate surface area is 188 Å². The summed E-state index contributed by atoms with van der Waals surface area (Å²) in [4.78, 5) is 31.2. The van der Waals surface area contributed by atoms with Crippen molar-refractivity contribution in [2.24, 2.45) is 7.05 Å². The number of pyridine rings is 1. The van der Waals surface area contributed by atoms with Gasteiger partial charge < -0.3 is 14.4 Å². The lowest BCUT2D eigenvalue weighted by Gasteiger charge is -2.23. The number of carbonyl (C=O) groups is 2. The van der Waals surface area contributed by atoms with Gasteiger partial charge in [-0.2, -0.15) is 0 Å². The van der Waals surface area contributed by atoms with Gasteiger partial charge in [0.25, 0.3) is 0 Å². The molecule has 0 aliphatic carbocycles. The molecule has 3 rings (SSSR count). The fraction of sp³-hybridized carbons (Fsp3) is 0.417. The molecule has 0 spiro atoms. The van der Waals surface area contributed by atoms with Crippen molar-refractivity contribution in [3.05, 3.63) is 52.7 Å². The zero-order chi connectivity index (χ0) is 23.3. The average Bonchev–Trinajstić information content (AvgIpc) is 3.12. The van der Waals surface area contributed by atoms with E-state index in [4.69, 9.17) is 14.5 Å². The van der Waals surface area contributed by atoms with Crippen LogP contribution in [0.25, 0.3) is 11.0 Å². The van der Waals surface area contributed by atoms with Gasteiger partial charge in [-0.3, -0.25) is 9.59 Å². The Morgan fingerprint density at radius 3 is 2.47 bits per heavy atom. The maximum Gasteiger partial charge on any atom is 0.307 e. The minimum absolute atomic E-state index is 0.0187. The molecule has 0 radical (unpaired) electrons. The van der Waals surface area contributed by atoms with E-state index in [-0.39, 0.29) is 18.3 Å². The number of ether oxygens (including phenoxy) is 2. The number of hydrogen-bond donors (Lipinski definition) is 0. The third-order valence-corrected chi connectivity index (χ3v) is 5.69. The fourth-order valence-corrected chi connectivity index (χ4v) is 3.92. The molecular weight excluding hydrogens is 408 g/mol. The minimum atomic E-state index is -0.333. The molecule has 1 aromatic carbocycles. The molecule has 8 heteroatoms. The summed E-state index contributed by atoms with van der Waals surface area (Å²) in [6, 6.07) is 9.75. The van der Waals surface area contributed by atoms with Crippen LogP contribution in [0, 0.1) is 13.8 Å². The van der Waals surface area contributed by atoms with Crippen LogP contribution < -0.4 is 4.74 Å². The summed E-state index contributed by atoms with van der Waals surface area (Å²) >= 11 is 0. The number of carbonyl (C=O) groups excluding carboxylic acids is 2. The Morgan fingerprint density at radius 1 is 1.09 bits per heavy atom. The predicted molar refractivity (Wildman–Crippen MR) is 121 cm³/mol. The number of methoxy groups -OCH3 is 2. The summed E-state index contributed by atoms with van der Waals surface area (Å²) in [7, 11) is 4.78. The van der Waals surface area contributed by atoms with Gasteiger partial charge in [0.05, 0.1) is 26.0 Å². The van der Waals surface area contributed by atoms with Crippen LogP contribution in [0.1, 0.15) is 35.2 Å². The van der Waals surface area contributed by atoms with Crippen molar-refractivity contribution >= 4 is 22.9 Å². The van der Waals surface area contributed by atoms with Gasteiger partial charge in [-0.1, -0.05) is 30.3 Å². The van der Waals surface area contributed by atoms with Gasteiger partial charge in [-0.15, -0.1) is 5.10 Å². The SMILES string of the molecule is COC(=O)CCN(Cc1ccccc1)C(=O)CCc1c(C)nc2c(c(OC)nn2C)c1C. The second kappa shape index (κ2) is 10.3. The molecule has 1 amide bonds. The number of hydrogen-bond acceptors (Lipinski definition) is 6. The maximum absolute atomic E-state index is 13.1. The molecule has 170 valence electrons. The first-order chi connectivity index (χ1) is 15.3. The highest BCUT2D eigenvalue weighted by Gasteiger charge is 2.20. The first-order valence-corrected chi connectivity index (χ1v) is 10.6. The molecule has 0 N–H and O–H groups in total. The smallest absolute Gasteiger partial charge is 0.307 e. The summed E-state index contributed by atoms with van der Waals surface area (Å²) in [5.74, 6) is 0.180. The van der Waals surface area contributed by atoms with Gasteiger partial charge in [0.1, 0.15) is 0 Å². The fourth-order valence-electron chi connectivity index (χ4n) is 3.92. The van der Waals surface area contributed by atoms with Gasteiger partial charge in [0, 0.05) is 32.3 Å². The van der Waals surface area contributed by atoms with E-state index >= 15 is 0 Å². The molecule has 0 saturated heterocycles. The van der Waals surface area contributed by atoms with Crippen LogP contribution in [0.4, 0.5) is 0 Å². The number of benzene rings is 1. The van der Waals surface area contributed by atoms with Crippen LogP contribution in [-0.2, 0) is 34.3 Å². The molecule has 0 fully saturated rings. The zero-order valence-electron chi connectivity index (χ0n) is 19.3. The van der Waals surface area contributed by atoms with E-state index in [2.05, 4.69) is 5.10 Å². The lowest BCUT2D eigenvalue weighted by Crippen LogP contribution is -2.33. The van der Waals surface area contributed by atoms with Gasteiger partial charge in [0.2, 0.25) is 11.8 Å². The maximum atomic E-state index is 13.1. The van der Waals surface area contributed by atoms with E-state index in [1.165, 1.54) is 7.11 Å². The van der Waals surface area contributed by atoms with E-state index in [0.717, 1.165) is 33.4 Å². The summed E-state index contributed by atoms with van der Waals surface area (Å²) < 4.78 is 11.9. The Balaban J connectivity index is 1.80. The number of amides is 1. The third-order valence-electron chi connectivity index (χ3n) is 5.69. The Morgan fingerprint density at radius 2 is 1.81 bits per heavy atom. The number of rotatable bonds is 9. The summed E-state index contributed by atoms with van der Waals surface area (Å²) in [5, 5.41) is 5.25. The lowest BCUT2D eigenvalue weighted by molar-refractivity contribution is -0.142. The van der Waals surface area contributed by atoms with Gasteiger partial charge in [-0.05, 0) is 37.0 Å². The van der Waals surface area contributed by atoms with Crippen molar-refractivity contribution < 1.29 is 19.1 Å². The van der Waals surface area contributed by atoms with Gasteiger partial charge >= 0.3 is 5.97 Å². The Bertz CT molecular complexity index is 1110. The molecule has 2 aromatic heterocycles. The number of nitrogens with zero attached hydrogens (tertiary/aromatic N) is 4. The largest absolute Gasteiger partial charge is 0.479 e. The predicted octanol–water partition coefficient (Wildman–Crippen LogP) is 3.12. The molecular formula is C24H30N4O4. The van der Waals surface area contributed by atoms with Crippen molar-refractivity contribution in [3.63, 3.8) is 0 Å². The second-order valence-corrected chi connectivity index (χ2v) is 7.76. The van der Waals surface area contributed by atoms with E-state index in [9.17, 15) is 9.59 Å². The molecule has 0 unspecified atom stereocenters. The lowest BCUT2D eigenvalue weighted by atomic mass is 9.99. The minimum Gasteiger partial charge on any atom is -0.479 e. The van der Waals surface area contributed by atoms with Crippen LogP contribution >= 0.6 is 0 Å². The molecule has 2 heterocycles. The molecule has 0 atom stereocenters. The van der Waals surface area contributed by atoms with Crippen molar-refractivity contribution in [1.82, 2.24) is 19.7 Å². The van der Waals surface area contributed by atoms with E-state index in [1.807, 2.05) is 51.2 Å². The number of fused-ring (bicyclic) bond motifs is 1. The van der Waals surface area contributed by atoms with E-state index in [0.29, 0.717) is 31.8 Å². The molecule has 0 aliphatic rings. The first kappa shape index (κ1) is 23.2. The van der Waals surface area contributed by atoms with Crippen LogP contribution in [-0.4, -0.2) is 52.3 Å². The van der Waals surface area contributed by atoms with Crippen LogP contribution in [0.2, 0.25) is 0 Å². The number of esters is 1. The van der Waals surface area contributed by atoms with Crippen molar-refractivity contribution in [3.8, 4) is 5.88 Å². The topological polar surface area (TPSA) is 86.6 Å². The molecule has 0 saturated carbocycles. The number of aryl methyl sites for hydroxylation is 3. The summed E-state index contributed by atoms with van der Waals surface area (Å²) in [6.07, 6.45) is 1.01. The average molecular weight is 439 g/mol. The van der Waals surface area contributed by atoms with Crippen LogP contribution in [0.5, 0.6) is 5.88 Å². The van der Waals surface area contributed by atoms with Gasteiger partial charge in [0.15, 0.2) is 5.65 Å². The van der Waals surface area contributed by atoms with Crippen LogP contribution in [0.15, 0.2) is 30.3 Å². The molecule has 3 aromatic rings. The van der Waals surface area contributed by atoms with Crippen molar-refractivity contribution in [1.29, 1.82) is 0 Å². The Kier molecular flexibility index (Phi) is 7.45. The quantitative estimate of drug-likeness (QED) is 0.477. The molecule has 8 nitrogen and oxygen atoms in total. The highest BCUT2D eigenvalue weighted by atomic mass is 16.5. The van der Waals surface area contributed by atoms with Crippen LogP contribution in [0.3, 0.4) is 0 Å². The number of aromatic nitrogens is 3. The highest BCUT2D eigenvalue weighted by molar-refractivity contribution is 5.86. The van der Waals surface area contributed by atoms with Gasteiger partial charge in [-0.25, -0.2) is 9.67 Å². The Hall–Kier alpha value is -3.42. The third kappa shape index (κ3) is 5.07. The normalized spacial score (nSPS) is 10.9. The van der Waals surface area contributed by atoms with Crippen molar-refractivity contribution in [2.45, 2.75) is 39.7 Å². The zero-order valence-corrected chi connectivity index (χ0v) is 19.3. The standard InChI is InChI=1S/C24H30N4O4/c1-16-19(17(2)25-23-22(16)24(32-5)26-27(23)3)11-12-20(29)28(14-13-21(30)31-4)15-18-9-7-6-8-10-18/h6-10H,11-15H2,1-5H3. The monoisotopic (exact) mass is 438 g/mol. The first-order valence-electron chi connectivity index (χ1n) is 10.6. The molecule has 32 heavy (non-hydrogen) atoms. The highest BCUT2D eigenvalue weighted by Crippen LogP contribution is 2.30. The van der Waals surface area contributed by atoms with E-state index in [1.54, 1.807) is 16.7 Å². The summed E-state index contributed by atoms with van der Waals surface area (Å²) in [5.41, 5.74) is 4.69. The second-order valence-electron chi connectivity index (χ2n) is 7.76. The molecule has 0 bridgehead atoms. The van der Waals surface area contributed by atoms with Crippen molar-refractivity contribution in [2.75, 3.05) is 20.8 Å². The van der Waals surface area contributed by atoms with E-state index < -0.39 is 0 Å². The molecule has 0 aliphatic heterocycles.